The van der Waals surface area contributed by atoms with E-state index in [1.54, 1.807) is 18.2 Å². The molecule has 0 saturated heterocycles. The highest BCUT2D eigenvalue weighted by molar-refractivity contribution is 5.94. The van der Waals surface area contributed by atoms with Gasteiger partial charge in [-0.05, 0) is 46.9 Å². The SMILES string of the molecule is COC(=O)c1ccc2c(c1)C[C@@H](CNC(=O)c1ccc(C(C)(C)C)cc1)O2. The van der Waals surface area contributed by atoms with E-state index in [0.717, 1.165) is 11.3 Å². The molecule has 0 radical (unpaired) electrons. The molecule has 2 aromatic rings. The number of hydrogen-bond donors (Lipinski definition) is 1. The summed E-state index contributed by atoms with van der Waals surface area (Å²) in [5, 5.41) is 2.93. The van der Waals surface area contributed by atoms with Crippen LogP contribution in [0.15, 0.2) is 42.5 Å². The number of esters is 1. The Morgan fingerprint density at radius 3 is 2.41 bits per heavy atom. The first-order chi connectivity index (χ1) is 12.8. The molecule has 1 N–H and O–H groups in total. The maximum Gasteiger partial charge on any atom is 0.337 e. The zero-order chi connectivity index (χ0) is 19.6. The molecule has 5 heteroatoms. The maximum atomic E-state index is 12.4. The van der Waals surface area contributed by atoms with Gasteiger partial charge in [0.2, 0.25) is 0 Å². The van der Waals surface area contributed by atoms with Crippen molar-refractivity contribution in [1.82, 2.24) is 5.32 Å². The Morgan fingerprint density at radius 2 is 1.78 bits per heavy atom. The predicted molar refractivity (Wildman–Crippen MR) is 103 cm³/mol. The summed E-state index contributed by atoms with van der Waals surface area (Å²) in [7, 11) is 1.36. The summed E-state index contributed by atoms with van der Waals surface area (Å²) in [5.74, 6) is 0.259. The minimum Gasteiger partial charge on any atom is -0.488 e. The van der Waals surface area contributed by atoms with Gasteiger partial charge in [-0.2, -0.15) is 0 Å². The van der Waals surface area contributed by atoms with Gasteiger partial charge in [0, 0.05) is 12.0 Å². The van der Waals surface area contributed by atoms with Crippen molar-refractivity contribution in [2.75, 3.05) is 13.7 Å². The molecule has 0 bridgehead atoms. The topological polar surface area (TPSA) is 64.6 Å². The van der Waals surface area contributed by atoms with Crippen molar-refractivity contribution in [1.29, 1.82) is 0 Å². The molecule has 2 aromatic carbocycles. The van der Waals surface area contributed by atoms with Gasteiger partial charge in [0.1, 0.15) is 11.9 Å². The van der Waals surface area contributed by atoms with Gasteiger partial charge in [-0.3, -0.25) is 4.79 Å². The lowest BCUT2D eigenvalue weighted by atomic mass is 9.87. The van der Waals surface area contributed by atoms with Gasteiger partial charge in [0.25, 0.3) is 5.91 Å². The van der Waals surface area contributed by atoms with Crippen LogP contribution in [0.3, 0.4) is 0 Å². The molecule has 27 heavy (non-hydrogen) atoms. The fourth-order valence-electron chi connectivity index (χ4n) is 3.11. The predicted octanol–water partition coefficient (Wildman–Crippen LogP) is 3.50. The van der Waals surface area contributed by atoms with Crippen molar-refractivity contribution in [3.05, 3.63) is 64.7 Å². The van der Waals surface area contributed by atoms with Crippen molar-refractivity contribution < 1.29 is 19.1 Å². The number of ether oxygens (including phenoxy) is 2. The van der Waals surface area contributed by atoms with Crippen LogP contribution in [0.2, 0.25) is 0 Å². The number of amides is 1. The number of carbonyl (C=O) groups excluding carboxylic acids is 2. The van der Waals surface area contributed by atoms with Crippen LogP contribution in [0.1, 0.15) is 52.6 Å². The number of rotatable bonds is 4. The lowest BCUT2D eigenvalue weighted by Gasteiger charge is -2.19. The highest BCUT2D eigenvalue weighted by atomic mass is 16.5. The minimum absolute atomic E-state index is 0.0571. The van der Waals surface area contributed by atoms with Crippen LogP contribution in [0.4, 0.5) is 0 Å². The summed E-state index contributed by atoms with van der Waals surface area (Å²) < 4.78 is 10.6. The second-order valence-electron chi connectivity index (χ2n) is 7.80. The number of hydrogen-bond acceptors (Lipinski definition) is 4. The van der Waals surface area contributed by atoms with Gasteiger partial charge >= 0.3 is 5.97 Å². The molecule has 0 saturated carbocycles. The average Bonchev–Trinajstić information content (AvgIpc) is 3.06. The van der Waals surface area contributed by atoms with Crippen LogP contribution in [-0.4, -0.2) is 31.6 Å². The number of methoxy groups -OCH3 is 1. The van der Waals surface area contributed by atoms with Gasteiger partial charge in [-0.1, -0.05) is 32.9 Å². The summed E-state index contributed by atoms with van der Waals surface area (Å²) in [5.41, 5.74) is 3.33. The second-order valence-corrected chi connectivity index (χ2v) is 7.80. The van der Waals surface area contributed by atoms with E-state index in [-0.39, 0.29) is 23.4 Å². The Bertz CT molecular complexity index is 850. The van der Waals surface area contributed by atoms with Gasteiger partial charge in [-0.25, -0.2) is 4.79 Å². The average molecular weight is 367 g/mol. The third kappa shape index (κ3) is 4.30. The molecule has 1 amide bonds. The molecule has 0 aliphatic carbocycles. The van der Waals surface area contributed by atoms with Crippen molar-refractivity contribution in [3.63, 3.8) is 0 Å². The molecule has 3 rings (SSSR count). The third-order valence-electron chi connectivity index (χ3n) is 4.73. The van der Waals surface area contributed by atoms with E-state index in [2.05, 4.69) is 26.1 Å². The van der Waals surface area contributed by atoms with Crippen LogP contribution >= 0.6 is 0 Å². The molecular formula is C22H25NO4. The normalized spacial score (nSPS) is 15.6. The molecule has 1 aliphatic heterocycles. The van der Waals surface area contributed by atoms with Gasteiger partial charge in [0.05, 0.1) is 19.2 Å². The summed E-state index contributed by atoms with van der Waals surface area (Å²) in [6.45, 7) is 6.83. The van der Waals surface area contributed by atoms with Crippen molar-refractivity contribution in [2.24, 2.45) is 0 Å². The fourth-order valence-corrected chi connectivity index (χ4v) is 3.11. The van der Waals surface area contributed by atoms with Crippen LogP contribution in [0.5, 0.6) is 5.75 Å². The molecule has 1 aliphatic rings. The molecule has 0 aromatic heterocycles. The maximum absolute atomic E-state index is 12.4. The number of benzene rings is 2. The molecule has 5 nitrogen and oxygen atoms in total. The molecule has 0 spiro atoms. The first-order valence-corrected chi connectivity index (χ1v) is 9.04. The Hall–Kier alpha value is -2.82. The highest BCUT2D eigenvalue weighted by Crippen LogP contribution is 2.29. The summed E-state index contributed by atoms with van der Waals surface area (Å²) in [4.78, 5) is 24.0. The van der Waals surface area contributed by atoms with Crippen molar-refractivity contribution in [2.45, 2.75) is 38.7 Å². The molecule has 1 heterocycles. The van der Waals surface area contributed by atoms with Gasteiger partial charge < -0.3 is 14.8 Å². The zero-order valence-corrected chi connectivity index (χ0v) is 16.2. The zero-order valence-electron chi connectivity index (χ0n) is 16.2. The Labute approximate surface area is 159 Å². The summed E-state index contributed by atoms with van der Waals surface area (Å²) in [6, 6.07) is 12.9. The standard InChI is InChI=1S/C22H25NO4/c1-22(2,3)17-8-5-14(6-9-17)20(24)23-13-18-12-16-11-15(21(25)26-4)7-10-19(16)27-18/h5-11,18H,12-13H2,1-4H3,(H,23,24)/t18-/m0/s1. The van der Waals surface area contributed by atoms with Crippen LogP contribution in [0.25, 0.3) is 0 Å². The monoisotopic (exact) mass is 367 g/mol. The molecule has 1 atom stereocenters. The van der Waals surface area contributed by atoms with E-state index >= 15 is 0 Å². The largest absolute Gasteiger partial charge is 0.488 e. The van der Waals surface area contributed by atoms with E-state index in [1.807, 2.05) is 24.3 Å². The molecule has 0 unspecified atom stereocenters. The summed E-state index contributed by atoms with van der Waals surface area (Å²) >= 11 is 0. The van der Waals surface area contributed by atoms with E-state index in [1.165, 1.54) is 12.7 Å². The van der Waals surface area contributed by atoms with E-state index < -0.39 is 0 Å². The number of fused-ring (bicyclic) bond motifs is 1. The van der Waals surface area contributed by atoms with Crippen molar-refractivity contribution >= 4 is 11.9 Å². The minimum atomic E-state index is -0.367. The highest BCUT2D eigenvalue weighted by Gasteiger charge is 2.25. The van der Waals surface area contributed by atoms with E-state index in [0.29, 0.717) is 24.1 Å². The fraction of sp³-hybridized carbons (Fsp3) is 0.364. The first-order valence-electron chi connectivity index (χ1n) is 9.04. The molecule has 142 valence electrons. The lowest BCUT2D eigenvalue weighted by molar-refractivity contribution is 0.0600. The van der Waals surface area contributed by atoms with E-state index in [4.69, 9.17) is 9.47 Å². The summed E-state index contributed by atoms with van der Waals surface area (Å²) in [6.07, 6.45) is 0.495. The van der Waals surface area contributed by atoms with Crippen LogP contribution in [0, 0.1) is 0 Å². The van der Waals surface area contributed by atoms with Gasteiger partial charge in [-0.15, -0.1) is 0 Å². The smallest absolute Gasteiger partial charge is 0.337 e. The van der Waals surface area contributed by atoms with Crippen LogP contribution < -0.4 is 10.1 Å². The molecule has 0 fully saturated rings. The van der Waals surface area contributed by atoms with E-state index in [9.17, 15) is 9.59 Å². The van der Waals surface area contributed by atoms with Crippen molar-refractivity contribution in [3.8, 4) is 5.75 Å². The Kier molecular flexibility index (Phi) is 5.22. The quantitative estimate of drug-likeness (QED) is 0.840. The third-order valence-corrected chi connectivity index (χ3v) is 4.73. The van der Waals surface area contributed by atoms with Gasteiger partial charge in [0.15, 0.2) is 0 Å². The number of nitrogens with one attached hydrogen (secondary N) is 1. The Balaban J connectivity index is 1.57. The Morgan fingerprint density at radius 1 is 1.11 bits per heavy atom. The lowest BCUT2D eigenvalue weighted by Crippen LogP contribution is -2.34. The first kappa shape index (κ1) is 19.0. The second kappa shape index (κ2) is 7.43. The van der Waals surface area contributed by atoms with Crippen LogP contribution in [-0.2, 0) is 16.6 Å². The number of carbonyl (C=O) groups is 2. The molecular weight excluding hydrogens is 342 g/mol.